The molecule has 0 aliphatic heterocycles. The molecule has 1 aromatic heterocycles. The molecular weight excluding hydrogens is 321 g/mol. The number of benzene rings is 2. The van der Waals surface area contributed by atoms with Gasteiger partial charge in [0.25, 0.3) is 0 Å². The number of hydrogen-bond acceptors (Lipinski definition) is 1. The van der Waals surface area contributed by atoms with E-state index in [1.54, 1.807) is 6.07 Å². The summed E-state index contributed by atoms with van der Waals surface area (Å²) < 4.78 is 21.8. The van der Waals surface area contributed by atoms with Crippen molar-refractivity contribution in [1.29, 1.82) is 0 Å². The lowest BCUT2D eigenvalue weighted by Gasteiger charge is -2.08. The zero-order valence-corrected chi connectivity index (χ0v) is 12.5. The topological polar surface area (TPSA) is 14.2 Å². The summed E-state index contributed by atoms with van der Waals surface area (Å²) in [5, 5.41) is 1.16. The van der Waals surface area contributed by atoms with E-state index < -0.39 is 0 Å². The molecule has 0 atom stereocenters. The largest absolute Gasteiger partial charge is 0.494 e. The molecule has 4 heteroatoms. The lowest BCUT2D eigenvalue weighted by Crippen LogP contribution is -1.99. The summed E-state index contributed by atoms with van der Waals surface area (Å²) in [7, 11) is 1.47. The lowest BCUT2D eigenvalue weighted by molar-refractivity contribution is 0.386. The molecule has 0 unspecified atom stereocenters. The second-order valence-corrected chi connectivity index (χ2v) is 5.53. The molecule has 0 amide bonds. The number of methoxy groups -OCH3 is 1. The minimum Gasteiger partial charge on any atom is -0.494 e. The molecule has 20 heavy (non-hydrogen) atoms. The first kappa shape index (κ1) is 13.2. The van der Waals surface area contributed by atoms with Gasteiger partial charge >= 0.3 is 0 Å². The van der Waals surface area contributed by atoms with Gasteiger partial charge < -0.3 is 9.30 Å². The summed E-state index contributed by atoms with van der Waals surface area (Å²) in [6.07, 6.45) is 2.01. The molecule has 0 N–H and O–H groups in total. The molecule has 0 saturated carbocycles. The Labute approximate surface area is 124 Å². The maximum atomic E-state index is 13.7. The van der Waals surface area contributed by atoms with Gasteiger partial charge in [-0.3, -0.25) is 0 Å². The lowest BCUT2D eigenvalue weighted by atomic mass is 10.2. The monoisotopic (exact) mass is 333 g/mol. The van der Waals surface area contributed by atoms with E-state index in [-0.39, 0.29) is 11.6 Å². The molecule has 1 heterocycles. The number of rotatable bonds is 3. The van der Waals surface area contributed by atoms with Crippen molar-refractivity contribution < 1.29 is 9.13 Å². The standard InChI is InChI=1S/C16H13BrFNO/c1-20-16-5-2-11(8-14(16)18)10-19-7-6-12-9-13(17)3-4-15(12)19/h2-9H,10H2,1H3. The Kier molecular flexibility index (Phi) is 3.49. The number of halogens is 2. The Hall–Kier alpha value is -1.81. The van der Waals surface area contributed by atoms with E-state index in [9.17, 15) is 4.39 Å². The third-order valence-corrected chi connectivity index (χ3v) is 3.80. The van der Waals surface area contributed by atoms with Crippen molar-refractivity contribution in [3.05, 3.63) is 64.5 Å². The molecule has 2 nitrogen and oxygen atoms in total. The van der Waals surface area contributed by atoms with Gasteiger partial charge in [-0.05, 0) is 42.0 Å². The zero-order valence-electron chi connectivity index (χ0n) is 10.9. The van der Waals surface area contributed by atoms with Gasteiger partial charge in [-0.15, -0.1) is 0 Å². The van der Waals surface area contributed by atoms with Crippen LogP contribution < -0.4 is 4.74 Å². The average Bonchev–Trinajstić information content (AvgIpc) is 2.81. The van der Waals surface area contributed by atoms with Gasteiger partial charge in [-0.1, -0.05) is 22.0 Å². The average molecular weight is 334 g/mol. The molecule has 0 aliphatic rings. The van der Waals surface area contributed by atoms with Crippen LogP contribution in [0.5, 0.6) is 5.75 Å². The second-order valence-electron chi connectivity index (χ2n) is 4.62. The van der Waals surface area contributed by atoms with Gasteiger partial charge in [0.15, 0.2) is 11.6 Å². The van der Waals surface area contributed by atoms with Crippen LogP contribution in [0.2, 0.25) is 0 Å². The van der Waals surface area contributed by atoms with Crippen molar-refractivity contribution >= 4 is 26.8 Å². The summed E-state index contributed by atoms with van der Waals surface area (Å²) in [5.74, 6) is -0.0562. The van der Waals surface area contributed by atoms with E-state index in [1.807, 2.05) is 18.3 Å². The minimum atomic E-state index is -0.329. The van der Waals surface area contributed by atoms with Crippen LogP contribution in [0.15, 0.2) is 53.1 Å². The molecule has 0 spiro atoms. The molecule has 2 aromatic carbocycles. The van der Waals surface area contributed by atoms with Crippen LogP contribution in [-0.4, -0.2) is 11.7 Å². The highest BCUT2D eigenvalue weighted by Gasteiger charge is 2.06. The summed E-state index contributed by atoms with van der Waals surface area (Å²) in [4.78, 5) is 0. The number of aromatic nitrogens is 1. The molecular formula is C16H13BrFNO. The Morgan fingerprint density at radius 1 is 1.15 bits per heavy atom. The zero-order chi connectivity index (χ0) is 14.1. The molecule has 0 fully saturated rings. The smallest absolute Gasteiger partial charge is 0.165 e. The first-order valence-electron chi connectivity index (χ1n) is 6.24. The van der Waals surface area contributed by atoms with Crippen molar-refractivity contribution in [3.8, 4) is 5.75 Å². The first-order valence-corrected chi connectivity index (χ1v) is 7.03. The summed E-state index contributed by atoms with van der Waals surface area (Å²) in [6.45, 7) is 0.631. The second kappa shape index (κ2) is 5.29. The maximum Gasteiger partial charge on any atom is 0.165 e. The summed E-state index contributed by atoms with van der Waals surface area (Å²) in [6, 6.07) is 13.2. The number of ether oxygens (including phenoxy) is 1. The van der Waals surface area contributed by atoms with E-state index in [0.717, 1.165) is 20.9 Å². The Balaban J connectivity index is 1.95. The fourth-order valence-electron chi connectivity index (χ4n) is 2.31. The molecule has 0 aliphatic carbocycles. The van der Waals surface area contributed by atoms with Gasteiger partial charge in [-0.25, -0.2) is 4.39 Å². The van der Waals surface area contributed by atoms with Crippen LogP contribution in [0.3, 0.4) is 0 Å². The van der Waals surface area contributed by atoms with Crippen LogP contribution in [0.25, 0.3) is 10.9 Å². The van der Waals surface area contributed by atoms with Gasteiger partial charge in [0.2, 0.25) is 0 Å². The molecule has 3 rings (SSSR count). The van der Waals surface area contributed by atoms with Gasteiger partial charge in [0, 0.05) is 28.1 Å². The quantitative estimate of drug-likeness (QED) is 0.683. The fourth-order valence-corrected chi connectivity index (χ4v) is 2.69. The van der Waals surface area contributed by atoms with Crippen molar-refractivity contribution in [3.63, 3.8) is 0 Å². The number of fused-ring (bicyclic) bond motifs is 1. The number of nitrogens with zero attached hydrogens (tertiary/aromatic N) is 1. The Morgan fingerprint density at radius 2 is 2.00 bits per heavy atom. The highest BCUT2D eigenvalue weighted by molar-refractivity contribution is 9.10. The Morgan fingerprint density at radius 3 is 2.75 bits per heavy atom. The normalized spacial score (nSPS) is 10.9. The predicted octanol–water partition coefficient (Wildman–Crippen LogP) is 4.60. The van der Waals surface area contributed by atoms with Crippen molar-refractivity contribution in [2.75, 3.05) is 7.11 Å². The molecule has 0 bridgehead atoms. The molecule has 3 aromatic rings. The minimum absolute atomic E-state index is 0.273. The summed E-state index contributed by atoms with van der Waals surface area (Å²) in [5.41, 5.74) is 2.04. The number of hydrogen-bond donors (Lipinski definition) is 0. The highest BCUT2D eigenvalue weighted by Crippen LogP contribution is 2.23. The summed E-state index contributed by atoms with van der Waals surface area (Å²) >= 11 is 3.46. The maximum absolute atomic E-state index is 13.7. The van der Waals surface area contributed by atoms with Crippen LogP contribution in [0.1, 0.15) is 5.56 Å². The van der Waals surface area contributed by atoms with Crippen molar-refractivity contribution in [1.82, 2.24) is 4.57 Å². The van der Waals surface area contributed by atoms with Crippen LogP contribution in [-0.2, 0) is 6.54 Å². The van der Waals surface area contributed by atoms with Crippen molar-refractivity contribution in [2.24, 2.45) is 0 Å². The van der Waals surface area contributed by atoms with Gasteiger partial charge in [0.1, 0.15) is 0 Å². The third-order valence-electron chi connectivity index (χ3n) is 3.30. The van der Waals surface area contributed by atoms with Gasteiger partial charge in [0.05, 0.1) is 7.11 Å². The molecule has 102 valence electrons. The van der Waals surface area contributed by atoms with E-state index in [4.69, 9.17) is 4.74 Å². The third kappa shape index (κ3) is 2.43. The first-order chi connectivity index (χ1) is 9.67. The fraction of sp³-hybridized carbons (Fsp3) is 0.125. The van der Waals surface area contributed by atoms with Crippen LogP contribution >= 0.6 is 15.9 Å². The van der Waals surface area contributed by atoms with E-state index >= 15 is 0 Å². The van der Waals surface area contributed by atoms with E-state index in [1.165, 1.54) is 13.2 Å². The van der Waals surface area contributed by atoms with Crippen LogP contribution in [0, 0.1) is 5.82 Å². The van der Waals surface area contributed by atoms with Crippen LogP contribution in [0.4, 0.5) is 4.39 Å². The molecule has 0 radical (unpaired) electrons. The SMILES string of the molecule is COc1ccc(Cn2ccc3cc(Br)ccc32)cc1F. The predicted molar refractivity (Wildman–Crippen MR) is 81.7 cm³/mol. The molecule has 0 saturated heterocycles. The highest BCUT2D eigenvalue weighted by atomic mass is 79.9. The van der Waals surface area contributed by atoms with Crippen molar-refractivity contribution in [2.45, 2.75) is 6.54 Å². The van der Waals surface area contributed by atoms with E-state index in [2.05, 4.69) is 38.7 Å². The van der Waals surface area contributed by atoms with E-state index in [0.29, 0.717) is 6.54 Å². The van der Waals surface area contributed by atoms with Gasteiger partial charge in [-0.2, -0.15) is 0 Å². The Bertz CT molecular complexity index is 766.